The van der Waals surface area contributed by atoms with Crippen LogP contribution in [0.25, 0.3) is 6.08 Å². The van der Waals surface area contributed by atoms with E-state index in [1.807, 2.05) is 38.1 Å². The van der Waals surface area contributed by atoms with Crippen molar-refractivity contribution in [3.8, 4) is 17.6 Å². The third kappa shape index (κ3) is 5.40. The average Bonchev–Trinajstić information content (AvgIpc) is 2.62. The normalized spacial score (nSPS) is 10.3. The number of nitriles is 1. The Morgan fingerprint density at radius 2 is 1.88 bits per heavy atom. The summed E-state index contributed by atoms with van der Waals surface area (Å²) in [6, 6.07) is 14.3. The Bertz CT molecular complexity index is 807. The van der Waals surface area contributed by atoms with Crippen molar-refractivity contribution in [1.29, 1.82) is 5.26 Å². The Kier molecular flexibility index (Phi) is 6.61. The molecular weight excluding hydrogens is 316 g/mol. The largest absolute Gasteiger partial charge is 0.490 e. The number of carbonyl (C=O) groups is 1. The van der Waals surface area contributed by atoms with E-state index in [1.54, 1.807) is 30.3 Å². The maximum absolute atomic E-state index is 12.0. The van der Waals surface area contributed by atoms with Gasteiger partial charge in [0.1, 0.15) is 0 Å². The first-order valence-corrected chi connectivity index (χ1v) is 8.05. The first-order chi connectivity index (χ1) is 12.2. The summed E-state index contributed by atoms with van der Waals surface area (Å²) in [5, 5.41) is 11.6. The minimum atomic E-state index is -0.276. The zero-order valence-corrected chi connectivity index (χ0v) is 14.3. The molecule has 0 saturated carbocycles. The molecule has 0 radical (unpaired) electrons. The summed E-state index contributed by atoms with van der Waals surface area (Å²) in [4.78, 5) is 12.0. The third-order valence-electron chi connectivity index (χ3n) is 3.25. The Hall–Kier alpha value is -3.26. The van der Waals surface area contributed by atoms with Crippen LogP contribution in [0.5, 0.6) is 11.5 Å². The number of hydrogen-bond acceptors (Lipinski definition) is 4. The van der Waals surface area contributed by atoms with Crippen molar-refractivity contribution >= 4 is 17.7 Å². The van der Waals surface area contributed by atoms with E-state index in [-0.39, 0.29) is 5.91 Å². The highest BCUT2D eigenvalue weighted by Crippen LogP contribution is 2.29. The number of amides is 1. The lowest BCUT2D eigenvalue weighted by Gasteiger charge is -2.11. The topological polar surface area (TPSA) is 71.3 Å². The molecule has 1 N–H and O–H groups in total. The second-order valence-corrected chi connectivity index (χ2v) is 5.09. The molecule has 2 aromatic carbocycles. The highest BCUT2D eigenvalue weighted by atomic mass is 16.5. The number of rotatable bonds is 7. The fraction of sp³-hybridized carbons (Fsp3) is 0.200. The van der Waals surface area contributed by atoms with Gasteiger partial charge in [-0.3, -0.25) is 4.79 Å². The van der Waals surface area contributed by atoms with Crippen molar-refractivity contribution in [2.24, 2.45) is 0 Å². The molecule has 25 heavy (non-hydrogen) atoms. The summed E-state index contributed by atoms with van der Waals surface area (Å²) in [6.07, 6.45) is 3.13. The molecule has 0 aliphatic heterocycles. The molecule has 0 atom stereocenters. The molecular formula is C20H20N2O3. The van der Waals surface area contributed by atoms with Gasteiger partial charge in [-0.25, -0.2) is 0 Å². The van der Waals surface area contributed by atoms with Crippen molar-refractivity contribution in [1.82, 2.24) is 0 Å². The standard InChI is InChI=1S/C20H20N2O3/c1-3-24-18-10-8-15(13-19(18)25-4-2)9-11-20(23)22-17-7-5-6-16(12-17)14-21/h5-13H,3-4H2,1-2H3,(H,22,23)/b11-9+. The summed E-state index contributed by atoms with van der Waals surface area (Å²) >= 11 is 0. The Labute approximate surface area is 147 Å². The van der Waals surface area contributed by atoms with Crippen molar-refractivity contribution in [3.05, 3.63) is 59.7 Å². The van der Waals surface area contributed by atoms with E-state index < -0.39 is 0 Å². The molecule has 0 unspecified atom stereocenters. The van der Waals surface area contributed by atoms with E-state index in [0.717, 1.165) is 5.56 Å². The molecule has 0 heterocycles. The predicted molar refractivity (Wildman–Crippen MR) is 97.6 cm³/mol. The van der Waals surface area contributed by atoms with E-state index in [0.29, 0.717) is 36.0 Å². The van der Waals surface area contributed by atoms with Gasteiger partial charge in [0, 0.05) is 11.8 Å². The van der Waals surface area contributed by atoms with Crippen LogP contribution in [0.15, 0.2) is 48.5 Å². The number of nitrogens with one attached hydrogen (secondary N) is 1. The molecule has 0 aliphatic rings. The van der Waals surface area contributed by atoms with Crippen LogP contribution < -0.4 is 14.8 Å². The van der Waals surface area contributed by atoms with Crippen LogP contribution in [0.2, 0.25) is 0 Å². The second kappa shape index (κ2) is 9.14. The first kappa shape index (κ1) is 18.1. The van der Waals surface area contributed by atoms with Crippen molar-refractivity contribution in [3.63, 3.8) is 0 Å². The molecule has 2 aromatic rings. The molecule has 5 nitrogen and oxygen atoms in total. The quantitative estimate of drug-likeness (QED) is 0.776. The molecule has 0 saturated heterocycles. The fourth-order valence-electron chi connectivity index (χ4n) is 2.19. The van der Waals surface area contributed by atoms with E-state index in [1.165, 1.54) is 6.08 Å². The van der Waals surface area contributed by atoms with Gasteiger partial charge in [0.05, 0.1) is 24.8 Å². The van der Waals surface area contributed by atoms with E-state index >= 15 is 0 Å². The number of anilines is 1. The summed E-state index contributed by atoms with van der Waals surface area (Å²) in [6.45, 7) is 4.90. The van der Waals surface area contributed by atoms with Gasteiger partial charge in [-0.2, -0.15) is 5.26 Å². The van der Waals surface area contributed by atoms with Gasteiger partial charge in [0.2, 0.25) is 5.91 Å². The van der Waals surface area contributed by atoms with Gasteiger partial charge in [0.25, 0.3) is 0 Å². The van der Waals surface area contributed by atoms with Gasteiger partial charge in [-0.15, -0.1) is 0 Å². The number of benzene rings is 2. The lowest BCUT2D eigenvalue weighted by atomic mass is 10.2. The van der Waals surface area contributed by atoms with Crippen molar-refractivity contribution < 1.29 is 14.3 Å². The number of carbonyl (C=O) groups excluding carboxylic acids is 1. The number of hydrogen-bond donors (Lipinski definition) is 1. The zero-order valence-electron chi connectivity index (χ0n) is 14.3. The zero-order chi connectivity index (χ0) is 18.1. The lowest BCUT2D eigenvalue weighted by Crippen LogP contribution is -2.07. The molecule has 5 heteroatoms. The maximum Gasteiger partial charge on any atom is 0.248 e. The maximum atomic E-state index is 12.0. The van der Waals surface area contributed by atoms with Crippen LogP contribution >= 0.6 is 0 Å². The van der Waals surface area contributed by atoms with Gasteiger partial charge < -0.3 is 14.8 Å². The van der Waals surface area contributed by atoms with Crippen LogP contribution in [-0.4, -0.2) is 19.1 Å². The van der Waals surface area contributed by atoms with Gasteiger partial charge in [-0.1, -0.05) is 12.1 Å². The molecule has 0 aromatic heterocycles. The van der Waals surface area contributed by atoms with E-state index in [2.05, 4.69) is 5.32 Å². The minimum Gasteiger partial charge on any atom is -0.490 e. The van der Waals surface area contributed by atoms with E-state index in [9.17, 15) is 4.79 Å². The second-order valence-electron chi connectivity index (χ2n) is 5.09. The van der Waals surface area contributed by atoms with Crippen molar-refractivity contribution in [2.45, 2.75) is 13.8 Å². The third-order valence-corrected chi connectivity index (χ3v) is 3.25. The van der Waals surface area contributed by atoms with Crippen LogP contribution in [0.4, 0.5) is 5.69 Å². The summed E-state index contributed by atoms with van der Waals surface area (Å²) < 4.78 is 11.1. The molecule has 0 bridgehead atoms. The monoisotopic (exact) mass is 336 g/mol. The molecule has 1 amide bonds. The SMILES string of the molecule is CCOc1ccc(/C=C/C(=O)Nc2cccc(C#N)c2)cc1OCC. The summed E-state index contributed by atoms with van der Waals surface area (Å²) in [7, 11) is 0. The van der Waals surface area contributed by atoms with Crippen LogP contribution in [-0.2, 0) is 4.79 Å². The molecule has 0 fully saturated rings. The fourth-order valence-corrected chi connectivity index (χ4v) is 2.19. The van der Waals surface area contributed by atoms with Gasteiger partial charge in [0.15, 0.2) is 11.5 Å². The smallest absolute Gasteiger partial charge is 0.248 e. The predicted octanol–water partition coefficient (Wildman–Crippen LogP) is 4.01. The first-order valence-electron chi connectivity index (χ1n) is 8.05. The molecule has 128 valence electrons. The van der Waals surface area contributed by atoms with Crippen LogP contribution in [0, 0.1) is 11.3 Å². The highest BCUT2D eigenvalue weighted by molar-refractivity contribution is 6.02. The average molecular weight is 336 g/mol. The van der Waals surface area contributed by atoms with Crippen molar-refractivity contribution in [2.75, 3.05) is 18.5 Å². The minimum absolute atomic E-state index is 0.276. The Morgan fingerprint density at radius 1 is 1.12 bits per heavy atom. The van der Waals surface area contributed by atoms with Gasteiger partial charge >= 0.3 is 0 Å². The molecule has 0 spiro atoms. The van der Waals surface area contributed by atoms with Crippen LogP contribution in [0.3, 0.4) is 0 Å². The Balaban J connectivity index is 2.08. The number of ether oxygens (including phenoxy) is 2. The summed E-state index contributed by atoms with van der Waals surface area (Å²) in [5.74, 6) is 1.05. The van der Waals surface area contributed by atoms with Gasteiger partial charge in [-0.05, 0) is 55.8 Å². The number of nitrogens with zero attached hydrogens (tertiary/aromatic N) is 1. The molecule has 0 aliphatic carbocycles. The highest BCUT2D eigenvalue weighted by Gasteiger charge is 2.05. The van der Waals surface area contributed by atoms with E-state index in [4.69, 9.17) is 14.7 Å². The lowest BCUT2D eigenvalue weighted by molar-refractivity contribution is -0.111. The Morgan fingerprint density at radius 3 is 2.60 bits per heavy atom. The molecule has 2 rings (SSSR count). The van der Waals surface area contributed by atoms with Crippen LogP contribution in [0.1, 0.15) is 25.0 Å². The summed E-state index contributed by atoms with van der Waals surface area (Å²) in [5.41, 5.74) is 1.90.